The third kappa shape index (κ3) is 3.37. The van der Waals surface area contributed by atoms with Crippen molar-refractivity contribution in [3.05, 3.63) is 46.9 Å². The molecule has 4 heterocycles. The predicted molar refractivity (Wildman–Crippen MR) is 112 cm³/mol. The Morgan fingerprint density at radius 1 is 1.23 bits per heavy atom. The minimum Gasteiger partial charge on any atom is -0.338 e. The molecule has 1 aromatic carbocycles. The van der Waals surface area contributed by atoms with Crippen LogP contribution in [-0.4, -0.2) is 43.9 Å². The summed E-state index contributed by atoms with van der Waals surface area (Å²) in [7, 11) is 1.77. The fourth-order valence-corrected chi connectivity index (χ4v) is 4.63. The molecule has 7 nitrogen and oxygen atoms in total. The number of aromatic nitrogens is 4. The molecule has 2 aliphatic heterocycles. The maximum Gasteiger partial charge on any atom is 0.264 e. The number of anilines is 2. The Hall–Kier alpha value is -3.23. The highest BCUT2D eigenvalue weighted by molar-refractivity contribution is 5.78. The molecule has 31 heavy (non-hydrogen) atoms. The van der Waals surface area contributed by atoms with Crippen molar-refractivity contribution >= 4 is 17.4 Å². The van der Waals surface area contributed by atoms with Gasteiger partial charge in [0.15, 0.2) is 5.82 Å². The quantitative estimate of drug-likeness (QED) is 0.693. The van der Waals surface area contributed by atoms with Gasteiger partial charge in [0.2, 0.25) is 5.91 Å². The number of amides is 1. The molecule has 3 aromatic rings. The average molecular weight is 426 g/mol. The number of hydrogen-bond donors (Lipinski definition) is 1. The van der Waals surface area contributed by atoms with Gasteiger partial charge in [-0.3, -0.25) is 14.6 Å². The van der Waals surface area contributed by atoms with Gasteiger partial charge in [-0.15, -0.1) is 0 Å². The molecule has 0 bridgehead atoms. The Kier molecular flexibility index (Phi) is 4.75. The lowest BCUT2D eigenvalue weighted by Gasteiger charge is -2.33. The monoisotopic (exact) mass is 426 g/mol. The van der Waals surface area contributed by atoms with Gasteiger partial charge in [0.1, 0.15) is 0 Å². The number of aryl methyl sites for hydroxylation is 2. The molecule has 0 aliphatic carbocycles. The highest BCUT2D eigenvalue weighted by Crippen LogP contribution is 2.42. The van der Waals surface area contributed by atoms with Crippen LogP contribution in [0.3, 0.4) is 0 Å². The Bertz CT molecular complexity index is 1150. The third-order valence-corrected chi connectivity index (χ3v) is 6.23. The van der Waals surface area contributed by atoms with Crippen LogP contribution in [0.2, 0.25) is 0 Å². The van der Waals surface area contributed by atoms with E-state index in [9.17, 15) is 13.6 Å². The molecular formula is C22H24F2N6O. The Balaban J connectivity index is 1.60. The number of aromatic amines is 1. The van der Waals surface area contributed by atoms with Crippen molar-refractivity contribution in [2.45, 2.75) is 39.2 Å². The number of nitrogens with one attached hydrogen (secondary N) is 1. The highest BCUT2D eigenvalue weighted by Gasteiger charge is 2.30. The Labute approximate surface area is 178 Å². The van der Waals surface area contributed by atoms with Gasteiger partial charge >= 0.3 is 0 Å². The van der Waals surface area contributed by atoms with Crippen molar-refractivity contribution in [2.24, 2.45) is 7.05 Å². The van der Waals surface area contributed by atoms with Gasteiger partial charge < -0.3 is 9.80 Å². The minimum absolute atomic E-state index is 0.00610. The zero-order chi connectivity index (χ0) is 21.7. The lowest BCUT2D eigenvalue weighted by molar-refractivity contribution is -0.129. The number of nitrogens with zero attached hydrogens (tertiary/aromatic N) is 5. The van der Waals surface area contributed by atoms with Gasteiger partial charge in [-0.25, -0.2) is 8.78 Å². The lowest BCUT2D eigenvalue weighted by atomic mass is 9.92. The van der Waals surface area contributed by atoms with E-state index in [0.29, 0.717) is 37.2 Å². The fraction of sp³-hybridized carbons (Fsp3) is 0.409. The van der Waals surface area contributed by atoms with Crippen LogP contribution in [0, 0.1) is 0 Å². The summed E-state index contributed by atoms with van der Waals surface area (Å²) in [5.74, 6) is 0.759. The van der Waals surface area contributed by atoms with E-state index in [1.807, 2.05) is 11.0 Å². The third-order valence-electron chi connectivity index (χ3n) is 6.23. The molecule has 0 unspecified atom stereocenters. The lowest BCUT2D eigenvalue weighted by Crippen LogP contribution is -2.35. The first-order valence-electron chi connectivity index (χ1n) is 10.5. The maximum absolute atomic E-state index is 14.1. The van der Waals surface area contributed by atoms with Crippen molar-refractivity contribution in [1.29, 1.82) is 0 Å². The van der Waals surface area contributed by atoms with E-state index >= 15 is 0 Å². The van der Waals surface area contributed by atoms with Crippen LogP contribution in [0.25, 0.3) is 11.1 Å². The van der Waals surface area contributed by atoms with Crippen LogP contribution in [0.1, 0.15) is 42.2 Å². The number of hydrogen-bond acceptors (Lipinski definition) is 4. The maximum atomic E-state index is 14.1. The van der Waals surface area contributed by atoms with Crippen LogP contribution in [0.4, 0.5) is 20.3 Å². The van der Waals surface area contributed by atoms with Crippen molar-refractivity contribution < 1.29 is 13.6 Å². The number of rotatable bonds is 3. The first kappa shape index (κ1) is 19.7. The predicted octanol–water partition coefficient (Wildman–Crippen LogP) is 3.74. The fourth-order valence-electron chi connectivity index (χ4n) is 4.63. The molecule has 1 N–H and O–H groups in total. The number of carbonyl (C=O) groups excluding carboxylic acids is 1. The smallest absolute Gasteiger partial charge is 0.264 e. The second-order valence-electron chi connectivity index (χ2n) is 8.22. The summed E-state index contributed by atoms with van der Waals surface area (Å²) in [6.07, 6.45) is 3.19. The molecule has 0 radical (unpaired) electrons. The first-order valence-corrected chi connectivity index (χ1v) is 10.5. The standard InChI is InChI=1S/C22H24F2N6O/c1-13(31)29-7-5-19-18(12-29)22(27-26-19)30-6-3-4-14-8-16(15-10-25-28(2)11-15)17(21(23)24)9-20(14)30/h8-11,21H,3-7,12H2,1-2H3,(H,26,27). The van der Waals surface area contributed by atoms with Crippen LogP contribution in [0.5, 0.6) is 0 Å². The van der Waals surface area contributed by atoms with Gasteiger partial charge in [-0.2, -0.15) is 10.2 Å². The number of halogens is 2. The molecule has 0 fully saturated rings. The Morgan fingerprint density at radius 2 is 2.06 bits per heavy atom. The SMILES string of the molecule is CC(=O)N1CCc2[nH]nc(N3CCCc4cc(-c5cnn(C)c5)c(C(F)F)cc43)c2C1. The second-order valence-corrected chi connectivity index (χ2v) is 8.22. The van der Waals surface area contributed by atoms with Crippen LogP contribution in [-0.2, 0) is 31.2 Å². The molecule has 2 aromatic heterocycles. The summed E-state index contributed by atoms with van der Waals surface area (Å²) < 4.78 is 29.7. The molecule has 9 heteroatoms. The largest absolute Gasteiger partial charge is 0.338 e. The van der Waals surface area contributed by atoms with Crippen LogP contribution >= 0.6 is 0 Å². The van der Waals surface area contributed by atoms with E-state index in [1.54, 1.807) is 42.0 Å². The number of fused-ring (bicyclic) bond motifs is 2. The molecule has 0 spiro atoms. The molecule has 0 saturated carbocycles. The zero-order valence-electron chi connectivity index (χ0n) is 17.5. The van der Waals surface area contributed by atoms with E-state index in [1.165, 1.54) is 0 Å². The molecular weight excluding hydrogens is 402 g/mol. The van der Waals surface area contributed by atoms with E-state index in [2.05, 4.69) is 15.3 Å². The average Bonchev–Trinajstić information content (AvgIpc) is 3.38. The van der Waals surface area contributed by atoms with Crippen molar-refractivity contribution in [1.82, 2.24) is 24.9 Å². The minimum atomic E-state index is -2.61. The molecule has 1 amide bonds. The first-order chi connectivity index (χ1) is 14.9. The van der Waals surface area contributed by atoms with Gasteiger partial charge in [0.25, 0.3) is 6.43 Å². The summed E-state index contributed by atoms with van der Waals surface area (Å²) in [5, 5.41) is 11.8. The van der Waals surface area contributed by atoms with Gasteiger partial charge in [-0.1, -0.05) is 0 Å². The molecule has 5 rings (SSSR count). The van der Waals surface area contributed by atoms with E-state index in [0.717, 1.165) is 41.2 Å². The van der Waals surface area contributed by atoms with Gasteiger partial charge in [0.05, 0.1) is 12.7 Å². The second kappa shape index (κ2) is 7.47. The summed E-state index contributed by atoms with van der Waals surface area (Å²) in [6, 6.07) is 3.48. The molecule has 0 saturated heterocycles. The topological polar surface area (TPSA) is 70.1 Å². The van der Waals surface area contributed by atoms with E-state index < -0.39 is 6.43 Å². The van der Waals surface area contributed by atoms with Crippen molar-refractivity contribution in [3.8, 4) is 11.1 Å². The van der Waals surface area contributed by atoms with E-state index in [4.69, 9.17) is 0 Å². The number of H-pyrrole nitrogens is 1. The Morgan fingerprint density at radius 3 is 2.77 bits per heavy atom. The summed E-state index contributed by atoms with van der Waals surface area (Å²) >= 11 is 0. The van der Waals surface area contributed by atoms with Gasteiger partial charge in [0, 0.05) is 67.8 Å². The molecule has 162 valence electrons. The summed E-state index contributed by atoms with van der Waals surface area (Å²) in [6.45, 7) is 3.40. The van der Waals surface area contributed by atoms with Crippen molar-refractivity contribution in [2.75, 3.05) is 18.0 Å². The zero-order valence-corrected chi connectivity index (χ0v) is 17.5. The molecule has 0 atom stereocenters. The van der Waals surface area contributed by atoms with E-state index in [-0.39, 0.29) is 11.5 Å². The molecule has 2 aliphatic rings. The van der Waals surface area contributed by atoms with Gasteiger partial charge in [-0.05, 0) is 36.1 Å². The van der Waals surface area contributed by atoms with Crippen molar-refractivity contribution in [3.63, 3.8) is 0 Å². The number of alkyl halides is 2. The summed E-state index contributed by atoms with van der Waals surface area (Å²) in [5.41, 5.74) is 4.98. The highest BCUT2D eigenvalue weighted by atomic mass is 19.3. The van der Waals surface area contributed by atoms with Crippen LogP contribution in [0.15, 0.2) is 24.5 Å². The summed E-state index contributed by atoms with van der Waals surface area (Å²) in [4.78, 5) is 15.7. The normalized spacial score (nSPS) is 15.9. The van der Waals surface area contributed by atoms with Crippen LogP contribution < -0.4 is 4.90 Å². The number of carbonyl (C=O) groups is 1. The number of benzene rings is 1.